The first-order chi connectivity index (χ1) is 6.22. The Bertz CT molecular complexity index is 134. The number of hydrogen-bond donors (Lipinski definition) is 1. The highest BCUT2D eigenvalue weighted by atomic mass is 16.5. The zero-order valence-electron chi connectivity index (χ0n) is 8.58. The highest BCUT2D eigenvalue weighted by Crippen LogP contribution is 2.14. The van der Waals surface area contributed by atoms with Crippen molar-refractivity contribution in [3.05, 3.63) is 0 Å². The van der Waals surface area contributed by atoms with E-state index >= 15 is 0 Å². The van der Waals surface area contributed by atoms with Crippen molar-refractivity contribution < 1.29 is 14.6 Å². The van der Waals surface area contributed by atoms with Crippen molar-refractivity contribution in [1.82, 2.24) is 0 Å². The van der Waals surface area contributed by atoms with Crippen LogP contribution in [0.1, 0.15) is 39.0 Å². The minimum Gasteiger partial charge on any atom is -0.481 e. The first kappa shape index (κ1) is 12.4. The van der Waals surface area contributed by atoms with E-state index in [1.807, 2.05) is 6.92 Å². The zero-order chi connectivity index (χ0) is 10.1. The lowest BCUT2D eigenvalue weighted by Crippen LogP contribution is -2.13. The molecule has 0 aliphatic rings. The van der Waals surface area contributed by atoms with Gasteiger partial charge in [-0.2, -0.15) is 0 Å². The molecule has 0 spiro atoms. The van der Waals surface area contributed by atoms with Crippen LogP contribution in [-0.2, 0) is 9.53 Å². The van der Waals surface area contributed by atoms with E-state index in [0.717, 1.165) is 38.7 Å². The molecule has 3 heteroatoms. The Hall–Kier alpha value is -0.570. The van der Waals surface area contributed by atoms with Gasteiger partial charge in [0.05, 0.1) is 5.92 Å². The van der Waals surface area contributed by atoms with E-state index in [-0.39, 0.29) is 5.92 Å². The quantitative estimate of drug-likeness (QED) is 0.594. The Morgan fingerprint density at radius 3 is 2.54 bits per heavy atom. The van der Waals surface area contributed by atoms with Gasteiger partial charge < -0.3 is 9.84 Å². The number of rotatable bonds is 8. The van der Waals surface area contributed by atoms with E-state index < -0.39 is 5.97 Å². The van der Waals surface area contributed by atoms with Crippen LogP contribution < -0.4 is 0 Å². The van der Waals surface area contributed by atoms with Crippen LogP contribution in [-0.4, -0.2) is 24.8 Å². The molecule has 0 rings (SSSR count). The lowest BCUT2D eigenvalue weighted by molar-refractivity contribution is -0.142. The highest BCUT2D eigenvalue weighted by molar-refractivity contribution is 5.69. The van der Waals surface area contributed by atoms with Crippen molar-refractivity contribution in [2.75, 3.05) is 13.7 Å². The van der Waals surface area contributed by atoms with Crippen molar-refractivity contribution in [2.24, 2.45) is 5.92 Å². The molecule has 0 aliphatic carbocycles. The van der Waals surface area contributed by atoms with E-state index in [2.05, 4.69) is 0 Å². The van der Waals surface area contributed by atoms with Gasteiger partial charge in [-0.15, -0.1) is 0 Å². The maximum Gasteiger partial charge on any atom is 0.306 e. The van der Waals surface area contributed by atoms with Gasteiger partial charge in [0.25, 0.3) is 0 Å². The van der Waals surface area contributed by atoms with Crippen LogP contribution in [0.5, 0.6) is 0 Å². The Morgan fingerprint density at radius 1 is 1.38 bits per heavy atom. The summed E-state index contributed by atoms with van der Waals surface area (Å²) in [4.78, 5) is 10.7. The second kappa shape index (κ2) is 8.05. The third-order valence-electron chi connectivity index (χ3n) is 2.14. The fourth-order valence-electron chi connectivity index (χ4n) is 1.38. The molecule has 1 unspecified atom stereocenters. The minimum atomic E-state index is -0.653. The third kappa shape index (κ3) is 6.58. The Balaban J connectivity index is 3.51. The lowest BCUT2D eigenvalue weighted by Gasteiger charge is -2.09. The Labute approximate surface area is 80.1 Å². The number of hydrogen-bond acceptors (Lipinski definition) is 2. The summed E-state index contributed by atoms with van der Waals surface area (Å²) in [6.07, 6.45) is 4.44. The largest absolute Gasteiger partial charge is 0.481 e. The summed E-state index contributed by atoms with van der Waals surface area (Å²) in [6, 6.07) is 0. The van der Waals surface area contributed by atoms with Gasteiger partial charge in [-0.25, -0.2) is 0 Å². The molecular formula is C10H20O3. The molecule has 0 saturated carbocycles. The number of carbonyl (C=O) groups is 1. The first-order valence-electron chi connectivity index (χ1n) is 4.94. The summed E-state index contributed by atoms with van der Waals surface area (Å²) < 4.78 is 4.90. The van der Waals surface area contributed by atoms with Crippen molar-refractivity contribution >= 4 is 5.97 Å². The maximum absolute atomic E-state index is 10.7. The molecule has 13 heavy (non-hydrogen) atoms. The predicted octanol–water partition coefficient (Wildman–Crippen LogP) is 2.30. The fraction of sp³-hybridized carbons (Fsp3) is 0.900. The lowest BCUT2D eigenvalue weighted by atomic mass is 9.97. The highest BCUT2D eigenvalue weighted by Gasteiger charge is 2.14. The zero-order valence-corrected chi connectivity index (χ0v) is 8.58. The average Bonchev–Trinajstić information content (AvgIpc) is 2.10. The monoisotopic (exact) mass is 188 g/mol. The fourth-order valence-corrected chi connectivity index (χ4v) is 1.38. The van der Waals surface area contributed by atoms with Gasteiger partial charge in [-0.1, -0.05) is 19.8 Å². The molecule has 0 bridgehead atoms. The van der Waals surface area contributed by atoms with Gasteiger partial charge in [0, 0.05) is 13.7 Å². The second-order valence-corrected chi connectivity index (χ2v) is 3.31. The molecule has 0 saturated heterocycles. The molecule has 1 atom stereocenters. The van der Waals surface area contributed by atoms with Gasteiger partial charge in [0.1, 0.15) is 0 Å². The number of unbranched alkanes of at least 4 members (excludes halogenated alkanes) is 1. The predicted molar refractivity (Wildman–Crippen MR) is 51.8 cm³/mol. The summed E-state index contributed by atoms with van der Waals surface area (Å²) in [5, 5.41) is 8.83. The number of ether oxygens (including phenoxy) is 1. The molecule has 78 valence electrons. The van der Waals surface area contributed by atoms with E-state index in [1.54, 1.807) is 7.11 Å². The van der Waals surface area contributed by atoms with Crippen molar-refractivity contribution in [1.29, 1.82) is 0 Å². The van der Waals surface area contributed by atoms with Crippen molar-refractivity contribution in [2.45, 2.75) is 39.0 Å². The summed E-state index contributed by atoms with van der Waals surface area (Å²) in [5.74, 6) is -0.805. The van der Waals surface area contributed by atoms with E-state index in [9.17, 15) is 4.79 Å². The molecular weight excluding hydrogens is 168 g/mol. The Morgan fingerprint density at radius 2 is 2.08 bits per heavy atom. The SMILES string of the molecule is CCCC(CCCCOC)C(=O)O. The van der Waals surface area contributed by atoms with E-state index in [4.69, 9.17) is 9.84 Å². The van der Waals surface area contributed by atoms with Crippen LogP contribution in [0.15, 0.2) is 0 Å². The van der Waals surface area contributed by atoms with Crippen molar-refractivity contribution in [3.63, 3.8) is 0 Å². The number of methoxy groups -OCH3 is 1. The standard InChI is InChI=1S/C10H20O3/c1-3-6-9(10(11)12)7-4-5-8-13-2/h9H,3-8H2,1-2H3,(H,11,12). The molecule has 0 radical (unpaired) electrons. The molecule has 0 aromatic heterocycles. The van der Waals surface area contributed by atoms with Gasteiger partial charge in [0.15, 0.2) is 0 Å². The van der Waals surface area contributed by atoms with Crippen LogP contribution in [0, 0.1) is 5.92 Å². The molecule has 0 aromatic carbocycles. The molecule has 0 aliphatic heterocycles. The van der Waals surface area contributed by atoms with Gasteiger partial charge in [-0.05, 0) is 19.3 Å². The smallest absolute Gasteiger partial charge is 0.306 e. The van der Waals surface area contributed by atoms with Crippen LogP contribution in [0.3, 0.4) is 0 Å². The van der Waals surface area contributed by atoms with Crippen molar-refractivity contribution in [3.8, 4) is 0 Å². The van der Waals surface area contributed by atoms with E-state index in [1.165, 1.54) is 0 Å². The minimum absolute atomic E-state index is 0.151. The Kier molecular flexibility index (Phi) is 7.69. The van der Waals surface area contributed by atoms with Gasteiger partial charge in [0.2, 0.25) is 0 Å². The third-order valence-corrected chi connectivity index (χ3v) is 2.14. The first-order valence-corrected chi connectivity index (χ1v) is 4.94. The van der Waals surface area contributed by atoms with Crippen LogP contribution in [0.2, 0.25) is 0 Å². The summed E-state index contributed by atoms with van der Waals surface area (Å²) in [5.41, 5.74) is 0. The van der Waals surface area contributed by atoms with Crippen LogP contribution >= 0.6 is 0 Å². The maximum atomic E-state index is 10.7. The van der Waals surface area contributed by atoms with Gasteiger partial charge >= 0.3 is 5.97 Å². The topological polar surface area (TPSA) is 46.5 Å². The molecule has 0 aromatic rings. The number of carboxylic acid groups (broad SMARTS) is 1. The van der Waals surface area contributed by atoms with Crippen LogP contribution in [0.25, 0.3) is 0 Å². The molecule has 0 fully saturated rings. The number of aliphatic carboxylic acids is 1. The molecule has 3 nitrogen and oxygen atoms in total. The van der Waals surface area contributed by atoms with E-state index in [0.29, 0.717) is 0 Å². The molecule has 0 heterocycles. The average molecular weight is 188 g/mol. The second-order valence-electron chi connectivity index (χ2n) is 3.31. The molecule has 1 N–H and O–H groups in total. The number of carboxylic acids is 1. The normalized spacial score (nSPS) is 12.8. The molecule has 0 amide bonds. The summed E-state index contributed by atoms with van der Waals surface area (Å²) in [6.45, 7) is 2.75. The summed E-state index contributed by atoms with van der Waals surface area (Å²) >= 11 is 0. The van der Waals surface area contributed by atoms with Crippen LogP contribution in [0.4, 0.5) is 0 Å². The summed E-state index contributed by atoms with van der Waals surface area (Å²) in [7, 11) is 1.67. The van der Waals surface area contributed by atoms with Gasteiger partial charge in [-0.3, -0.25) is 4.79 Å².